The lowest BCUT2D eigenvalue weighted by Crippen LogP contribution is -2.31. The number of benzene rings is 1. The Bertz CT molecular complexity index is 988. The number of hydrogen-bond donors (Lipinski definition) is 1. The summed E-state index contributed by atoms with van der Waals surface area (Å²) in [7, 11) is 3.67. The number of amidine groups is 1. The molecule has 1 N–H and O–H groups in total. The lowest BCUT2D eigenvalue weighted by atomic mass is 10.0. The molecule has 0 fully saturated rings. The van der Waals surface area contributed by atoms with E-state index in [1.807, 2.05) is 25.2 Å². The normalized spacial score (nSPS) is 18.3. The molecule has 3 heterocycles. The van der Waals surface area contributed by atoms with Crippen molar-refractivity contribution in [3.63, 3.8) is 0 Å². The average Bonchev–Trinajstić information content (AvgIpc) is 3.47. The summed E-state index contributed by atoms with van der Waals surface area (Å²) in [4.78, 5) is 24.9. The second kappa shape index (κ2) is 8.42. The van der Waals surface area contributed by atoms with Crippen molar-refractivity contribution < 1.29 is 14.4 Å². The first-order valence-corrected chi connectivity index (χ1v) is 10.4. The van der Waals surface area contributed by atoms with Gasteiger partial charge in [-0.15, -0.1) is 11.3 Å². The van der Waals surface area contributed by atoms with Gasteiger partial charge < -0.3 is 19.8 Å². The van der Waals surface area contributed by atoms with Crippen LogP contribution in [0.5, 0.6) is 5.75 Å². The number of methoxy groups -OCH3 is 1. The summed E-state index contributed by atoms with van der Waals surface area (Å²) in [5.41, 5.74) is 2.70. The summed E-state index contributed by atoms with van der Waals surface area (Å²) in [6, 6.07) is 9.40. The number of aliphatic imine (C=N–C) groups is 1. The van der Waals surface area contributed by atoms with Gasteiger partial charge in [0, 0.05) is 31.1 Å². The minimum Gasteiger partial charge on any atom is -0.496 e. The third-order valence-corrected chi connectivity index (χ3v) is 6.08. The van der Waals surface area contributed by atoms with Gasteiger partial charge in [-0.1, -0.05) is 22.8 Å². The van der Waals surface area contributed by atoms with Crippen LogP contribution in [0.2, 0.25) is 4.34 Å². The SMILES string of the molecule is COc1cc(C2=NCCN2C)ccc1C1=NOC(CNC(=O)c2ccc(Cl)s2)C1. The van der Waals surface area contributed by atoms with Crippen LogP contribution >= 0.6 is 22.9 Å². The van der Waals surface area contributed by atoms with Gasteiger partial charge in [-0.25, -0.2) is 0 Å². The number of rotatable bonds is 6. The zero-order chi connectivity index (χ0) is 20.4. The van der Waals surface area contributed by atoms with E-state index in [0.29, 0.717) is 22.2 Å². The van der Waals surface area contributed by atoms with Crippen LogP contribution in [0.1, 0.15) is 27.2 Å². The Hall–Kier alpha value is -2.58. The standard InChI is InChI=1S/C20H21ClN4O3S/c1-25-8-7-22-19(25)12-3-4-14(16(9-12)27-2)15-10-13(28-24-15)11-23-20(26)17-5-6-18(21)29-17/h3-6,9,13H,7-8,10-11H2,1-2H3,(H,23,26). The fraction of sp³-hybridized carbons (Fsp3) is 0.350. The van der Waals surface area contributed by atoms with E-state index in [1.165, 1.54) is 11.3 Å². The molecule has 0 bridgehead atoms. The van der Waals surface area contributed by atoms with E-state index in [9.17, 15) is 4.79 Å². The van der Waals surface area contributed by atoms with Gasteiger partial charge >= 0.3 is 0 Å². The second-order valence-electron chi connectivity index (χ2n) is 6.83. The maximum absolute atomic E-state index is 12.2. The monoisotopic (exact) mass is 432 g/mol. The van der Waals surface area contributed by atoms with E-state index in [4.69, 9.17) is 21.2 Å². The number of hydrogen-bond acceptors (Lipinski definition) is 7. The molecular formula is C20H21ClN4O3S. The van der Waals surface area contributed by atoms with Crippen molar-refractivity contribution in [3.8, 4) is 5.75 Å². The van der Waals surface area contributed by atoms with E-state index in [1.54, 1.807) is 19.2 Å². The highest BCUT2D eigenvalue weighted by Crippen LogP contribution is 2.27. The average molecular weight is 433 g/mol. The van der Waals surface area contributed by atoms with E-state index in [2.05, 4.69) is 20.4 Å². The third-order valence-electron chi connectivity index (χ3n) is 4.85. The fourth-order valence-corrected chi connectivity index (χ4v) is 4.30. The van der Waals surface area contributed by atoms with Gasteiger partial charge in [0.1, 0.15) is 17.7 Å². The van der Waals surface area contributed by atoms with E-state index >= 15 is 0 Å². The number of ether oxygens (including phenoxy) is 1. The molecule has 0 radical (unpaired) electrons. The van der Waals surface area contributed by atoms with E-state index in [-0.39, 0.29) is 12.0 Å². The maximum atomic E-state index is 12.2. The first-order chi connectivity index (χ1) is 14.0. The number of oxime groups is 1. The second-order valence-corrected chi connectivity index (χ2v) is 8.54. The molecule has 1 aromatic carbocycles. The van der Waals surface area contributed by atoms with Gasteiger partial charge in [-0.2, -0.15) is 0 Å². The lowest BCUT2D eigenvalue weighted by Gasteiger charge is -2.16. The lowest BCUT2D eigenvalue weighted by molar-refractivity contribution is 0.0755. The molecule has 0 saturated carbocycles. The molecule has 4 rings (SSSR count). The molecule has 2 aliphatic heterocycles. The highest BCUT2D eigenvalue weighted by atomic mass is 35.5. The molecule has 1 atom stereocenters. The number of carbonyl (C=O) groups is 1. The Labute approximate surface area is 178 Å². The van der Waals surface area contributed by atoms with Crippen molar-refractivity contribution >= 4 is 40.4 Å². The van der Waals surface area contributed by atoms with Crippen molar-refractivity contribution in [2.24, 2.45) is 10.1 Å². The third kappa shape index (κ3) is 4.23. The topological polar surface area (TPSA) is 75.5 Å². The first-order valence-electron chi connectivity index (χ1n) is 9.25. The number of thiophene rings is 1. The molecule has 9 heteroatoms. The van der Waals surface area contributed by atoms with Gasteiger partial charge in [0.25, 0.3) is 5.91 Å². The Balaban J connectivity index is 1.40. The number of likely N-dealkylation sites (N-methyl/N-ethyl adjacent to an activating group) is 1. The predicted octanol–water partition coefficient (Wildman–Crippen LogP) is 3.03. The minimum atomic E-state index is -0.223. The molecule has 1 aromatic heterocycles. The van der Waals surface area contributed by atoms with Crippen molar-refractivity contribution in [1.82, 2.24) is 10.2 Å². The molecule has 0 saturated heterocycles. The summed E-state index contributed by atoms with van der Waals surface area (Å²) in [5.74, 6) is 1.53. The molecule has 2 aliphatic rings. The fourth-order valence-electron chi connectivity index (χ4n) is 3.34. The van der Waals surface area contributed by atoms with Crippen molar-refractivity contribution in [2.45, 2.75) is 12.5 Å². The molecule has 1 amide bonds. The smallest absolute Gasteiger partial charge is 0.261 e. The molecule has 7 nitrogen and oxygen atoms in total. The van der Waals surface area contributed by atoms with Crippen LogP contribution in [-0.4, -0.2) is 62.3 Å². The van der Waals surface area contributed by atoms with Crippen LogP contribution in [-0.2, 0) is 4.84 Å². The van der Waals surface area contributed by atoms with Gasteiger partial charge in [0.05, 0.1) is 35.1 Å². The van der Waals surface area contributed by atoms with Crippen LogP contribution in [0.3, 0.4) is 0 Å². The number of carbonyl (C=O) groups excluding carboxylic acids is 1. The summed E-state index contributed by atoms with van der Waals surface area (Å²) in [5, 5.41) is 7.09. The Morgan fingerprint density at radius 2 is 2.28 bits per heavy atom. The molecule has 0 spiro atoms. The van der Waals surface area contributed by atoms with Crippen molar-refractivity contribution in [2.75, 3.05) is 33.8 Å². The van der Waals surface area contributed by atoms with Crippen LogP contribution < -0.4 is 10.1 Å². The van der Waals surface area contributed by atoms with Gasteiger partial charge in [-0.05, 0) is 24.3 Å². The number of halogens is 1. The predicted molar refractivity (Wildman–Crippen MR) is 115 cm³/mol. The Morgan fingerprint density at radius 3 is 2.97 bits per heavy atom. The summed E-state index contributed by atoms with van der Waals surface area (Å²) < 4.78 is 6.18. The highest BCUT2D eigenvalue weighted by molar-refractivity contribution is 7.18. The van der Waals surface area contributed by atoms with Crippen LogP contribution in [0, 0.1) is 0 Å². The molecule has 152 valence electrons. The molecule has 0 aliphatic carbocycles. The molecule has 2 aromatic rings. The first kappa shape index (κ1) is 19.7. The van der Waals surface area contributed by atoms with Crippen molar-refractivity contribution in [1.29, 1.82) is 0 Å². The quantitative estimate of drug-likeness (QED) is 0.761. The maximum Gasteiger partial charge on any atom is 0.261 e. The molecular weight excluding hydrogens is 412 g/mol. The summed E-state index contributed by atoms with van der Waals surface area (Å²) in [6.07, 6.45) is 0.362. The minimum absolute atomic E-state index is 0.164. The van der Waals surface area contributed by atoms with Gasteiger partial charge in [0.15, 0.2) is 0 Å². The van der Waals surface area contributed by atoms with Crippen LogP contribution in [0.25, 0.3) is 0 Å². The Morgan fingerprint density at radius 1 is 1.41 bits per heavy atom. The number of nitrogens with one attached hydrogen (secondary N) is 1. The van der Waals surface area contributed by atoms with Crippen LogP contribution in [0.15, 0.2) is 40.5 Å². The summed E-state index contributed by atoms with van der Waals surface area (Å²) >= 11 is 7.13. The Kier molecular flexibility index (Phi) is 5.73. The number of nitrogens with zero attached hydrogens (tertiary/aromatic N) is 3. The van der Waals surface area contributed by atoms with E-state index < -0.39 is 0 Å². The zero-order valence-electron chi connectivity index (χ0n) is 16.1. The van der Waals surface area contributed by atoms with Gasteiger partial charge in [0.2, 0.25) is 0 Å². The van der Waals surface area contributed by atoms with Gasteiger partial charge in [-0.3, -0.25) is 9.79 Å². The number of amides is 1. The summed E-state index contributed by atoms with van der Waals surface area (Å²) in [6.45, 7) is 2.09. The molecule has 29 heavy (non-hydrogen) atoms. The van der Waals surface area contributed by atoms with Crippen molar-refractivity contribution in [3.05, 3.63) is 50.7 Å². The van der Waals surface area contributed by atoms with E-state index in [0.717, 1.165) is 41.5 Å². The van der Waals surface area contributed by atoms with Crippen LogP contribution in [0.4, 0.5) is 0 Å². The largest absolute Gasteiger partial charge is 0.496 e. The highest BCUT2D eigenvalue weighted by Gasteiger charge is 2.26. The zero-order valence-corrected chi connectivity index (χ0v) is 17.7. The molecule has 1 unspecified atom stereocenters.